The number of fused-ring (bicyclic) bond motifs is 1. The van der Waals surface area contributed by atoms with E-state index in [-0.39, 0.29) is 23.8 Å². The van der Waals surface area contributed by atoms with Crippen molar-refractivity contribution in [3.8, 4) is 0 Å². The second-order valence-corrected chi connectivity index (χ2v) is 10.1. The number of hydrogen-bond acceptors (Lipinski definition) is 6. The molecule has 160 valence electrons. The van der Waals surface area contributed by atoms with Gasteiger partial charge in [-0.1, -0.05) is 0 Å². The number of primary amides is 1. The zero-order valence-electron chi connectivity index (χ0n) is 17.4. The van der Waals surface area contributed by atoms with E-state index in [0.717, 1.165) is 43.4 Å². The number of rotatable bonds is 5. The molecule has 0 aliphatic carbocycles. The molecule has 3 fully saturated rings. The predicted octanol–water partition coefficient (Wildman–Crippen LogP) is 1.71. The Morgan fingerprint density at radius 3 is 2.62 bits per heavy atom. The first-order valence-corrected chi connectivity index (χ1v) is 11.6. The number of aromatic nitrogens is 1. The van der Waals surface area contributed by atoms with E-state index in [4.69, 9.17) is 10.5 Å². The Hall–Kier alpha value is -1.51. The molecule has 0 saturated carbocycles. The molecule has 1 aromatic rings. The number of carbonyl (C=O) groups is 2. The second kappa shape index (κ2) is 8.70. The van der Waals surface area contributed by atoms with Crippen LogP contribution >= 0.6 is 11.3 Å². The number of thiazole rings is 1. The molecule has 0 radical (unpaired) electrons. The molecule has 2 N–H and O–H groups in total. The van der Waals surface area contributed by atoms with Crippen molar-refractivity contribution in [3.63, 3.8) is 0 Å². The highest BCUT2D eigenvalue weighted by molar-refractivity contribution is 7.11. The number of amides is 2. The number of nitrogens with two attached hydrogens (primary N) is 1. The third kappa shape index (κ3) is 4.64. The van der Waals surface area contributed by atoms with E-state index < -0.39 is 0 Å². The summed E-state index contributed by atoms with van der Waals surface area (Å²) in [5.74, 6) is 0.826. The van der Waals surface area contributed by atoms with Crippen molar-refractivity contribution in [2.45, 2.75) is 52.2 Å². The maximum Gasteiger partial charge on any atom is 0.225 e. The van der Waals surface area contributed by atoms with E-state index in [9.17, 15) is 9.59 Å². The van der Waals surface area contributed by atoms with Crippen LogP contribution in [0.25, 0.3) is 0 Å². The minimum Gasteiger partial charge on any atom is -0.377 e. The standard InChI is InChI=1S/C21H32N4O3S/c1-13-19(29-14(2)23-13)11-24-6-5-17-16(10-24)12-28-18(17)9-20(26)25-7-3-15(4-8-25)21(22)27/h15-18H,3-12H2,1-2H3,(H2,22,27)/t16-,17-,18+/m1/s1. The fourth-order valence-corrected chi connectivity index (χ4v) is 6.13. The molecular formula is C21H32N4O3S. The van der Waals surface area contributed by atoms with Crippen LogP contribution in [0.3, 0.4) is 0 Å². The van der Waals surface area contributed by atoms with Crippen LogP contribution < -0.4 is 5.73 Å². The number of nitrogens with zero attached hydrogens (tertiary/aromatic N) is 3. The van der Waals surface area contributed by atoms with E-state index in [1.54, 1.807) is 11.3 Å². The molecule has 7 nitrogen and oxygen atoms in total. The maximum absolute atomic E-state index is 12.8. The van der Waals surface area contributed by atoms with Gasteiger partial charge in [-0.2, -0.15) is 0 Å². The van der Waals surface area contributed by atoms with Crippen LogP contribution in [-0.4, -0.2) is 65.5 Å². The van der Waals surface area contributed by atoms with Crippen molar-refractivity contribution < 1.29 is 14.3 Å². The molecule has 3 saturated heterocycles. The number of carbonyl (C=O) groups excluding carboxylic acids is 2. The molecule has 0 bridgehead atoms. The first-order valence-electron chi connectivity index (χ1n) is 10.7. The normalized spacial score (nSPS) is 28.5. The number of aryl methyl sites for hydroxylation is 2. The van der Waals surface area contributed by atoms with E-state index in [0.29, 0.717) is 44.2 Å². The molecule has 4 heterocycles. The Labute approximate surface area is 176 Å². The Morgan fingerprint density at radius 1 is 1.21 bits per heavy atom. The van der Waals surface area contributed by atoms with Gasteiger partial charge in [0.25, 0.3) is 0 Å². The molecule has 1 aromatic heterocycles. The average Bonchev–Trinajstić information content (AvgIpc) is 3.23. The molecule has 3 atom stereocenters. The van der Waals surface area contributed by atoms with Crippen LogP contribution in [0.15, 0.2) is 0 Å². The molecule has 8 heteroatoms. The highest BCUT2D eigenvalue weighted by Gasteiger charge is 2.42. The third-order valence-electron chi connectivity index (χ3n) is 6.87. The van der Waals surface area contributed by atoms with Crippen LogP contribution in [0, 0.1) is 31.6 Å². The molecule has 3 aliphatic rings. The van der Waals surface area contributed by atoms with E-state index in [2.05, 4.69) is 23.7 Å². The van der Waals surface area contributed by atoms with Crippen molar-refractivity contribution in [2.75, 3.05) is 32.8 Å². The molecule has 2 amide bonds. The van der Waals surface area contributed by atoms with Gasteiger partial charge >= 0.3 is 0 Å². The Bertz CT molecular complexity index is 759. The van der Waals surface area contributed by atoms with Crippen LogP contribution in [0.4, 0.5) is 0 Å². The first-order chi connectivity index (χ1) is 13.9. The summed E-state index contributed by atoms with van der Waals surface area (Å²) in [6.07, 6.45) is 2.96. The monoisotopic (exact) mass is 420 g/mol. The van der Waals surface area contributed by atoms with Crippen LogP contribution in [-0.2, 0) is 20.9 Å². The largest absolute Gasteiger partial charge is 0.377 e. The summed E-state index contributed by atoms with van der Waals surface area (Å²) in [5, 5.41) is 1.13. The second-order valence-electron chi connectivity index (χ2n) is 8.82. The van der Waals surface area contributed by atoms with Gasteiger partial charge in [0.05, 0.1) is 29.8 Å². The summed E-state index contributed by atoms with van der Waals surface area (Å²) < 4.78 is 6.09. The summed E-state index contributed by atoms with van der Waals surface area (Å²) in [7, 11) is 0. The first kappa shape index (κ1) is 20.8. The van der Waals surface area contributed by atoms with Gasteiger partial charge in [-0.25, -0.2) is 4.98 Å². The van der Waals surface area contributed by atoms with Gasteiger partial charge in [0, 0.05) is 42.9 Å². The molecule has 0 aromatic carbocycles. The smallest absolute Gasteiger partial charge is 0.225 e. The quantitative estimate of drug-likeness (QED) is 0.783. The topological polar surface area (TPSA) is 88.8 Å². The molecule has 29 heavy (non-hydrogen) atoms. The lowest BCUT2D eigenvalue weighted by molar-refractivity contribution is -0.137. The lowest BCUT2D eigenvalue weighted by Crippen LogP contribution is -2.44. The lowest BCUT2D eigenvalue weighted by Gasteiger charge is -2.36. The number of ether oxygens (including phenoxy) is 1. The lowest BCUT2D eigenvalue weighted by atomic mass is 9.83. The average molecular weight is 421 g/mol. The Morgan fingerprint density at radius 2 is 1.97 bits per heavy atom. The van der Waals surface area contributed by atoms with E-state index in [1.807, 2.05) is 4.90 Å². The molecule has 0 unspecified atom stereocenters. The van der Waals surface area contributed by atoms with Crippen LogP contribution in [0.5, 0.6) is 0 Å². The fraction of sp³-hybridized carbons (Fsp3) is 0.762. The summed E-state index contributed by atoms with van der Waals surface area (Å²) in [4.78, 5) is 34.4. The minimum atomic E-state index is -0.241. The van der Waals surface area contributed by atoms with Gasteiger partial charge in [-0.15, -0.1) is 11.3 Å². The fourth-order valence-electron chi connectivity index (χ4n) is 5.15. The SMILES string of the molecule is Cc1nc(C)c(CN2CC[C@@H]3[C@@H](CO[C@H]3CC(=O)N3CCC(C(N)=O)CC3)C2)s1. The van der Waals surface area contributed by atoms with Crippen molar-refractivity contribution in [1.29, 1.82) is 0 Å². The summed E-state index contributed by atoms with van der Waals surface area (Å²) in [6.45, 7) is 9.24. The zero-order valence-corrected chi connectivity index (χ0v) is 18.2. The predicted molar refractivity (Wildman–Crippen MR) is 111 cm³/mol. The van der Waals surface area contributed by atoms with Gasteiger partial charge in [-0.3, -0.25) is 14.5 Å². The summed E-state index contributed by atoms with van der Waals surface area (Å²) >= 11 is 1.80. The van der Waals surface area contributed by atoms with Crippen molar-refractivity contribution in [1.82, 2.24) is 14.8 Å². The maximum atomic E-state index is 12.8. The molecule has 0 spiro atoms. The molecule has 3 aliphatic heterocycles. The highest BCUT2D eigenvalue weighted by atomic mass is 32.1. The highest BCUT2D eigenvalue weighted by Crippen LogP contribution is 2.37. The van der Waals surface area contributed by atoms with Gasteiger partial charge in [0.15, 0.2) is 0 Å². The summed E-state index contributed by atoms with van der Waals surface area (Å²) in [6, 6.07) is 0. The summed E-state index contributed by atoms with van der Waals surface area (Å²) in [5.41, 5.74) is 6.55. The van der Waals surface area contributed by atoms with Crippen molar-refractivity contribution in [3.05, 3.63) is 15.6 Å². The van der Waals surface area contributed by atoms with Crippen LogP contribution in [0.2, 0.25) is 0 Å². The van der Waals surface area contributed by atoms with Crippen molar-refractivity contribution in [2.24, 2.45) is 23.5 Å². The van der Waals surface area contributed by atoms with Gasteiger partial charge in [-0.05, 0) is 45.6 Å². The Kier molecular flexibility index (Phi) is 6.22. The van der Waals surface area contributed by atoms with Crippen LogP contribution in [0.1, 0.15) is 41.3 Å². The van der Waals surface area contributed by atoms with E-state index in [1.165, 1.54) is 4.88 Å². The number of hydrogen-bond donors (Lipinski definition) is 1. The molecular weight excluding hydrogens is 388 g/mol. The minimum absolute atomic E-state index is 0.0379. The number of likely N-dealkylation sites (tertiary alicyclic amines) is 2. The van der Waals surface area contributed by atoms with Gasteiger partial charge in [0.1, 0.15) is 0 Å². The van der Waals surface area contributed by atoms with Crippen molar-refractivity contribution >= 4 is 23.2 Å². The molecule has 4 rings (SSSR count). The van der Waals surface area contributed by atoms with Gasteiger partial charge in [0.2, 0.25) is 11.8 Å². The van der Waals surface area contributed by atoms with Gasteiger partial charge < -0.3 is 15.4 Å². The zero-order chi connectivity index (χ0) is 20.5. The number of piperidine rings is 2. The van der Waals surface area contributed by atoms with E-state index >= 15 is 0 Å². The Balaban J connectivity index is 1.27. The third-order valence-corrected chi connectivity index (χ3v) is 7.93.